The van der Waals surface area contributed by atoms with Crippen LogP contribution in [-0.2, 0) is 17.9 Å². The zero-order valence-electron chi connectivity index (χ0n) is 20.1. The van der Waals surface area contributed by atoms with Crippen molar-refractivity contribution in [2.24, 2.45) is 0 Å². The van der Waals surface area contributed by atoms with Gasteiger partial charge in [0.1, 0.15) is 18.1 Å². The van der Waals surface area contributed by atoms with Crippen LogP contribution in [0.4, 0.5) is 15.8 Å². The number of carbonyl (C=O) groups is 1. The number of anilines is 2. The number of hydrogen-bond donors (Lipinski definition) is 2. The number of fused-ring (bicyclic) bond motifs is 1. The Hall–Kier alpha value is -4.53. The molecular formula is C27H26FN3O5. The highest BCUT2D eigenvalue weighted by atomic mass is 19.1. The predicted molar refractivity (Wildman–Crippen MR) is 137 cm³/mol. The monoisotopic (exact) mass is 491 g/mol. The SMILES string of the molecule is COc1ccc2c(c1)cc(CNc1ccc(OC)c(OC)c1)c(=O)n2CC(=O)Nc1cccc(F)c1. The molecule has 3 aromatic carbocycles. The number of carbonyl (C=O) groups excluding carboxylic acids is 1. The van der Waals surface area contributed by atoms with Crippen LogP contribution in [0.3, 0.4) is 0 Å². The fraction of sp³-hybridized carbons (Fsp3) is 0.185. The van der Waals surface area contributed by atoms with Gasteiger partial charge in [0.2, 0.25) is 5.91 Å². The zero-order chi connectivity index (χ0) is 25.7. The zero-order valence-corrected chi connectivity index (χ0v) is 20.1. The molecule has 9 heteroatoms. The highest BCUT2D eigenvalue weighted by molar-refractivity contribution is 5.92. The molecule has 186 valence electrons. The Morgan fingerprint density at radius 1 is 0.889 bits per heavy atom. The number of ether oxygens (including phenoxy) is 3. The van der Waals surface area contributed by atoms with Crippen molar-refractivity contribution in [3.05, 3.63) is 88.5 Å². The smallest absolute Gasteiger partial charge is 0.256 e. The van der Waals surface area contributed by atoms with Crippen molar-refractivity contribution in [3.8, 4) is 17.2 Å². The normalized spacial score (nSPS) is 10.7. The fourth-order valence-corrected chi connectivity index (χ4v) is 3.89. The van der Waals surface area contributed by atoms with Gasteiger partial charge in [0, 0.05) is 34.9 Å². The Balaban J connectivity index is 1.66. The number of hydrogen-bond acceptors (Lipinski definition) is 6. The molecule has 0 aliphatic heterocycles. The molecule has 0 bridgehead atoms. The van der Waals surface area contributed by atoms with Crippen molar-refractivity contribution in [2.75, 3.05) is 32.0 Å². The summed E-state index contributed by atoms with van der Waals surface area (Å²) >= 11 is 0. The molecule has 4 rings (SSSR count). The second kappa shape index (κ2) is 10.8. The van der Waals surface area contributed by atoms with E-state index in [0.717, 1.165) is 11.1 Å². The topological polar surface area (TPSA) is 90.8 Å². The van der Waals surface area contributed by atoms with E-state index in [-0.39, 0.29) is 18.6 Å². The van der Waals surface area contributed by atoms with Crippen molar-refractivity contribution in [3.63, 3.8) is 0 Å². The van der Waals surface area contributed by atoms with Crippen LogP contribution in [0.25, 0.3) is 10.9 Å². The lowest BCUT2D eigenvalue weighted by molar-refractivity contribution is -0.116. The molecule has 0 fully saturated rings. The molecular weight excluding hydrogens is 465 g/mol. The third kappa shape index (κ3) is 5.41. The number of benzene rings is 3. The number of nitrogens with zero attached hydrogens (tertiary/aromatic N) is 1. The van der Waals surface area contributed by atoms with Crippen LogP contribution < -0.4 is 30.4 Å². The summed E-state index contributed by atoms with van der Waals surface area (Å²) in [7, 11) is 4.66. The third-order valence-corrected chi connectivity index (χ3v) is 5.65. The fourth-order valence-electron chi connectivity index (χ4n) is 3.89. The maximum atomic E-state index is 13.5. The van der Waals surface area contributed by atoms with E-state index in [4.69, 9.17) is 14.2 Å². The van der Waals surface area contributed by atoms with Gasteiger partial charge in [-0.1, -0.05) is 6.07 Å². The Kier molecular flexibility index (Phi) is 7.39. The first-order valence-corrected chi connectivity index (χ1v) is 11.1. The van der Waals surface area contributed by atoms with E-state index in [1.165, 1.54) is 22.8 Å². The highest BCUT2D eigenvalue weighted by Crippen LogP contribution is 2.30. The molecule has 1 heterocycles. The van der Waals surface area contributed by atoms with Crippen LogP contribution in [0.5, 0.6) is 17.2 Å². The summed E-state index contributed by atoms with van der Waals surface area (Å²) in [6.07, 6.45) is 0. The minimum absolute atomic E-state index is 0.201. The Morgan fingerprint density at radius 2 is 1.69 bits per heavy atom. The third-order valence-electron chi connectivity index (χ3n) is 5.65. The Bertz CT molecular complexity index is 1470. The summed E-state index contributed by atoms with van der Waals surface area (Å²) in [4.78, 5) is 26.2. The van der Waals surface area contributed by atoms with Gasteiger partial charge < -0.3 is 24.8 Å². The lowest BCUT2D eigenvalue weighted by Gasteiger charge is -2.15. The minimum Gasteiger partial charge on any atom is -0.497 e. The van der Waals surface area contributed by atoms with E-state index in [9.17, 15) is 14.0 Å². The molecule has 0 saturated heterocycles. The molecule has 0 unspecified atom stereocenters. The molecule has 0 radical (unpaired) electrons. The number of rotatable bonds is 9. The van der Waals surface area contributed by atoms with Gasteiger partial charge in [0.25, 0.3) is 5.56 Å². The van der Waals surface area contributed by atoms with E-state index in [0.29, 0.717) is 34.0 Å². The molecule has 2 N–H and O–H groups in total. The molecule has 8 nitrogen and oxygen atoms in total. The molecule has 4 aromatic rings. The summed E-state index contributed by atoms with van der Waals surface area (Å²) in [5.74, 6) is 0.843. The van der Waals surface area contributed by atoms with E-state index in [1.54, 1.807) is 63.8 Å². The number of nitrogens with one attached hydrogen (secondary N) is 2. The second-order valence-corrected chi connectivity index (χ2v) is 7.97. The molecule has 0 atom stereocenters. The molecule has 0 spiro atoms. The van der Waals surface area contributed by atoms with Crippen LogP contribution in [0.1, 0.15) is 5.56 Å². The van der Waals surface area contributed by atoms with Gasteiger partial charge in [-0.05, 0) is 54.6 Å². The maximum Gasteiger partial charge on any atom is 0.256 e. The van der Waals surface area contributed by atoms with Gasteiger partial charge in [-0.25, -0.2) is 4.39 Å². The first-order valence-electron chi connectivity index (χ1n) is 11.1. The van der Waals surface area contributed by atoms with Crippen LogP contribution in [0.2, 0.25) is 0 Å². The van der Waals surface area contributed by atoms with Crippen LogP contribution in [0.15, 0.2) is 71.5 Å². The van der Waals surface area contributed by atoms with Crippen LogP contribution in [0, 0.1) is 5.82 Å². The van der Waals surface area contributed by atoms with Crippen molar-refractivity contribution >= 4 is 28.2 Å². The lowest BCUT2D eigenvalue weighted by atomic mass is 10.1. The van der Waals surface area contributed by atoms with E-state index in [1.807, 2.05) is 6.07 Å². The molecule has 0 aliphatic carbocycles. The highest BCUT2D eigenvalue weighted by Gasteiger charge is 2.14. The second-order valence-electron chi connectivity index (χ2n) is 7.97. The van der Waals surface area contributed by atoms with Crippen molar-refractivity contribution in [1.82, 2.24) is 4.57 Å². The van der Waals surface area contributed by atoms with Crippen molar-refractivity contribution < 1.29 is 23.4 Å². The number of aromatic nitrogens is 1. The summed E-state index contributed by atoms with van der Waals surface area (Å²) in [5.41, 5.74) is 1.74. The van der Waals surface area contributed by atoms with E-state index < -0.39 is 11.7 Å². The molecule has 0 aliphatic rings. The largest absolute Gasteiger partial charge is 0.497 e. The lowest BCUT2D eigenvalue weighted by Crippen LogP contribution is -2.30. The van der Waals surface area contributed by atoms with Crippen molar-refractivity contribution in [1.29, 1.82) is 0 Å². The number of methoxy groups -OCH3 is 3. The van der Waals surface area contributed by atoms with Crippen LogP contribution in [-0.4, -0.2) is 31.8 Å². The Morgan fingerprint density at radius 3 is 2.42 bits per heavy atom. The van der Waals surface area contributed by atoms with Gasteiger partial charge in [-0.3, -0.25) is 14.2 Å². The van der Waals surface area contributed by atoms with Gasteiger partial charge in [0.15, 0.2) is 11.5 Å². The average Bonchev–Trinajstić information content (AvgIpc) is 2.88. The van der Waals surface area contributed by atoms with Crippen LogP contribution >= 0.6 is 0 Å². The summed E-state index contributed by atoms with van der Waals surface area (Å²) in [5, 5.41) is 6.60. The molecule has 36 heavy (non-hydrogen) atoms. The average molecular weight is 492 g/mol. The summed E-state index contributed by atoms with van der Waals surface area (Å²) in [6, 6.07) is 18.0. The maximum absolute atomic E-state index is 13.5. The summed E-state index contributed by atoms with van der Waals surface area (Å²) in [6.45, 7) is -0.0463. The van der Waals surface area contributed by atoms with Gasteiger partial charge in [-0.15, -0.1) is 0 Å². The molecule has 0 saturated carbocycles. The number of pyridine rings is 1. The van der Waals surface area contributed by atoms with Gasteiger partial charge in [0.05, 0.1) is 26.8 Å². The van der Waals surface area contributed by atoms with E-state index in [2.05, 4.69) is 10.6 Å². The van der Waals surface area contributed by atoms with Gasteiger partial charge in [-0.2, -0.15) is 0 Å². The van der Waals surface area contributed by atoms with Crippen molar-refractivity contribution in [2.45, 2.75) is 13.1 Å². The molecule has 1 aromatic heterocycles. The summed E-state index contributed by atoms with van der Waals surface area (Å²) < 4.78 is 30.9. The quantitative estimate of drug-likeness (QED) is 0.360. The van der Waals surface area contributed by atoms with E-state index >= 15 is 0 Å². The number of halogens is 1. The predicted octanol–water partition coefficient (Wildman–Crippen LogP) is 4.42. The number of amides is 1. The minimum atomic E-state index is -0.467. The van der Waals surface area contributed by atoms with Gasteiger partial charge >= 0.3 is 0 Å². The first kappa shape index (κ1) is 24.6. The standard InChI is InChI=1S/C27H26FN3O5/c1-34-22-8-9-23-17(12-22)11-18(15-29-20-7-10-24(35-2)25(14-20)36-3)27(33)31(23)16-26(32)30-21-6-4-5-19(28)13-21/h4-14,29H,15-16H2,1-3H3,(H,30,32). The molecule has 1 amide bonds. The Labute approximate surface area is 207 Å². The first-order chi connectivity index (χ1) is 17.4.